The highest BCUT2D eigenvalue weighted by molar-refractivity contribution is 7.16. The zero-order valence-electron chi connectivity index (χ0n) is 8.86. The van der Waals surface area contributed by atoms with Crippen LogP contribution in [-0.4, -0.2) is 24.0 Å². The summed E-state index contributed by atoms with van der Waals surface area (Å²) in [5.41, 5.74) is 0. The highest BCUT2D eigenvalue weighted by Crippen LogP contribution is 2.29. The number of thiophene rings is 1. The summed E-state index contributed by atoms with van der Waals surface area (Å²) in [5, 5.41) is 9.44. The first kappa shape index (κ1) is 12.4. The van der Waals surface area contributed by atoms with Crippen LogP contribution in [0.25, 0.3) is 0 Å². The molecule has 0 aromatic carbocycles. The molecule has 0 spiro atoms. The van der Waals surface area contributed by atoms with E-state index in [-0.39, 0.29) is 16.4 Å². The Labute approximate surface area is 97.2 Å². The van der Waals surface area contributed by atoms with E-state index in [2.05, 4.69) is 11.3 Å². The van der Waals surface area contributed by atoms with Gasteiger partial charge in [-0.3, -0.25) is 4.79 Å². The van der Waals surface area contributed by atoms with Crippen LogP contribution in [0.3, 0.4) is 0 Å². The van der Waals surface area contributed by atoms with E-state index in [1.54, 1.807) is 6.08 Å². The van der Waals surface area contributed by atoms with E-state index in [9.17, 15) is 14.7 Å². The zero-order valence-corrected chi connectivity index (χ0v) is 9.67. The summed E-state index contributed by atoms with van der Waals surface area (Å²) >= 11 is 0.942. The van der Waals surface area contributed by atoms with Crippen LogP contribution in [0.15, 0.2) is 18.7 Å². The SMILES string of the molecule is C=CCCC(=O)c1cc(O)c(C(=O)OC)s1. The van der Waals surface area contributed by atoms with Crippen molar-refractivity contribution in [3.63, 3.8) is 0 Å². The highest BCUT2D eigenvalue weighted by atomic mass is 32.1. The van der Waals surface area contributed by atoms with Crippen LogP contribution in [0.1, 0.15) is 32.2 Å². The molecule has 5 heteroatoms. The number of allylic oxidation sites excluding steroid dienone is 1. The van der Waals surface area contributed by atoms with Crippen molar-refractivity contribution >= 4 is 23.1 Å². The van der Waals surface area contributed by atoms with Gasteiger partial charge in [-0.05, 0) is 6.42 Å². The van der Waals surface area contributed by atoms with Gasteiger partial charge in [-0.15, -0.1) is 17.9 Å². The maximum atomic E-state index is 11.6. The topological polar surface area (TPSA) is 63.6 Å². The molecular weight excluding hydrogens is 228 g/mol. The molecule has 16 heavy (non-hydrogen) atoms. The summed E-state index contributed by atoms with van der Waals surface area (Å²) in [5.74, 6) is -0.959. The predicted octanol–water partition coefficient (Wildman–Crippen LogP) is 2.39. The van der Waals surface area contributed by atoms with E-state index < -0.39 is 5.97 Å². The molecule has 0 bridgehead atoms. The number of Topliss-reactive ketones (excluding diaryl/α,β-unsaturated/α-hetero) is 1. The van der Waals surface area contributed by atoms with E-state index in [1.807, 2.05) is 0 Å². The molecule has 1 aromatic heterocycles. The Morgan fingerprint density at radius 3 is 2.88 bits per heavy atom. The molecule has 1 aromatic rings. The summed E-state index contributed by atoms with van der Waals surface area (Å²) in [6, 6.07) is 1.29. The predicted molar refractivity (Wildman–Crippen MR) is 61.1 cm³/mol. The van der Waals surface area contributed by atoms with Crippen molar-refractivity contribution in [2.45, 2.75) is 12.8 Å². The Bertz CT molecular complexity index is 420. The van der Waals surface area contributed by atoms with Crippen LogP contribution in [0, 0.1) is 0 Å². The van der Waals surface area contributed by atoms with E-state index in [1.165, 1.54) is 13.2 Å². The maximum absolute atomic E-state index is 11.6. The fourth-order valence-corrected chi connectivity index (χ4v) is 2.05. The van der Waals surface area contributed by atoms with E-state index in [4.69, 9.17) is 0 Å². The molecule has 4 nitrogen and oxygen atoms in total. The second-order valence-electron chi connectivity index (χ2n) is 3.07. The third-order valence-corrected chi connectivity index (χ3v) is 3.08. The molecule has 0 radical (unpaired) electrons. The van der Waals surface area contributed by atoms with E-state index >= 15 is 0 Å². The molecule has 0 saturated carbocycles. The van der Waals surface area contributed by atoms with Crippen LogP contribution in [0.4, 0.5) is 0 Å². The summed E-state index contributed by atoms with van der Waals surface area (Å²) in [7, 11) is 1.22. The molecule has 0 aliphatic heterocycles. The minimum absolute atomic E-state index is 0.0597. The second-order valence-corrected chi connectivity index (χ2v) is 4.12. The lowest BCUT2D eigenvalue weighted by atomic mass is 10.2. The van der Waals surface area contributed by atoms with Gasteiger partial charge in [0.2, 0.25) is 0 Å². The maximum Gasteiger partial charge on any atom is 0.351 e. The number of ether oxygens (including phenoxy) is 1. The van der Waals surface area contributed by atoms with Gasteiger partial charge in [0.1, 0.15) is 5.75 Å². The van der Waals surface area contributed by atoms with Crippen LogP contribution in [0.2, 0.25) is 0 Å². The van der Waals surface area contributed by atoms with Crippen molar-refractivity contribution in [3.05, 3.63) is 28.5 Å². The first-order valence-corrected chi connectivity index (χ1v) is 5.47. The highest BCUT2D eigenvalue weighted by Gasteiger charge is 2.19. The van der Waals surface area contributed by atoms with Crippen molar-refractivity contribution in [2.24, 2.45) is 0 Å². The minimum atomic E-state index is -0.634. The van der Waals surface area contributed by atoms with Crippen molar-refractivity contribution in [1.82, 2.24) is 0 Å². The Morgan fingerprint density at radius 2 is 2.31 bits per heavy atom. The molecule has 0 aliphatic rings. The van der Waals surface area contributed by atoms with E-state index in [0.717, 1.165) is 11.3 Å². The fraction of sp³-hybridized carbons (Fsp3) is 0.273. The minimum Gasteiger partial charge on any atom is -0.506 e. The Morgan fingerprint density at radius 1 is 1.62 bits per heavy atom. The molecule has 0 saturated heterocycles. The van der Waals surface area contributed by atoms with Gasteiger partial charge < -0.3 is 9.84 Å². The Balaban J connectivity index is 2.87. The molecule has 1 heterocycles. The number of rotatable bonds is 5. The molecule has 0 aliphatic carbocycles. The zero-order chi connectivity index (χ0) is 12.1. The number of carbonyl (C=O) groups excluding carboxylic acids is 2. The first-order chi connectivity index (χ1) is 7.60. The van der Waals surface area contributed by atoms with Crippen molar-refractivity contribution in [2.75, 3.05) is 7.11 Å². The van der Waals surface area contributed by atoms with E-state index in [0.29, 0.717) is 17.7 Å². The van der Waals surface area contributed by atoms with Crippen LogP contribution < -0.4 is 0 Å². The average Bonchev–Trinajstić information content (AvgIpc) is 2.67. The van der Waals surface area contributed by atoms with Crippen LogP contribution in [-0.2, 0) is 4.74 Å². The summed E-state index contributed by atoms with van der Waals surface area (Å²) < 4.78 is 4.48. The largest absolute Gasteiger partial charge is 0.506 e. The summed E-state index contributed by atoms with van der Waals surface area (Å²) in [6.07, 6.45) is 2.54. The lowest BCUT2D eigenvalue weighted by molar-refractivity contribution is 0.0603. The third-order valence-electron chi connectivity index (χ3n) is 1.93. The quantitative estimate of drug-likeness (QED) is 0.487. The standard InChI is InChI=1S/C11H12O4S/c1-3-4-5-7(12)9-6-8(13)10(16-9)11(14)15-2/h3,6,13H,1,4-5H2,2H3. The third kappa shape index (κ3) is 2.70. The molecule has 0 amide bonds. The lowest BCUT2D eigenvalue weighted by Gasteiger charge is -1.94. The Hall–Kier alpha value is -1.62. The average molecular weight is 240 g/mol. The number of hydrogen-bond donors (Lipinski definition) is 1. The first-order valence-electron chi connectivity index (χ1n) is 4.65. The van der Waals surface area contributed by atoms with Crippen molar-refractivity contribution in [1.29, 1.82) is 0 Å². The lowest BCUT2D eigenvalue weighted by Crippen LogP contribution is -1.98. The molecule has 0 fully saturated rings. The number of esters is 1. The molecule has 86 valence electrons. The molecule has 0 unspecified atom stereocenters. The van der Waals surface area contributed by atoms with Gasteiger partial charge >= 0.3 is 5.97 Å². The normalized spacial score (nSPS) is 9.81. The summed E-state index contributed by atoms with van der Waals surface area (Å²) in [6.45, 7) is 3.52. The van der Waals surface area contributed by atoms with Gasteiger partial charge in [0.05, 0.1) is 12.0 Å². The van der Waals surface area contributed by atoms with Gasteiger partial charge in [-0.2, -0.15) is 0 Å². The molecular formula is C11H12O4S. The van der Waals surface area contributed by atoms with Gasteiger partial charge in [0, 0.05) is 12.5 Å². The van der Waals surface area contributed by atoms with Crippen molar-refractivity contribution < 1.29 is 19.4 Å². The fourth-order valence-electron chi connectivity index (χ4n) is 1.11. The number of ketones is 1. The smallest absolute Gasteiger partial charge is 0.351 e. The van der Waals surface area contributed by atoms with Crippen LogP contribution in [0.5, 0.6) is 5.75 Å². The van der Waals surface area contributed by atoms with Gasteiger partial charge in [-0.1, -0.05) is 6.08 Å². The number of hydrogen-bond acceptors (Lipinski definition) is 5. The number of aromatic hydroxyl groups is 1. The molecule has 1 N–H and O–H groups in total. The summed E-state index contributed by atoms with van der Waals surface area (Å²) in [4.78, 5) is 23.2. The molecule has 1 rings (SSSR count). The second kappa shape index (κ2) is 5.46. The number of carbonyl (C=O) groups is 2. The van der Waals surface area contributed by atoms with Crippen LogP contribution >= 0.6 is 11.3 Å². The van der Waals surface area contributed by atoms with Gasteiger partial charge in [0.25, 0.3) is 0 Å². The van der Waals surface area contributed by atoms with Crippen molar-refractivity contribution in [3.8, 4) is 5.75 Å². The molecule has 0 atom stereocenters. The monoisotopic (exact) mass is 240 g/mol. The van der Waals surface area contributed by atoms with Gasteiger partial charge in [0.15, 0.2) is 10.7 Å². The van der Waals surface area contributed by atoms with Gasteiger partial charge in [-0.25, -0.2) is 4.79 Å². The number of methoxy groups -OCH3 is 1. The Kier molecular flexibility index (Phi) is 4.25.